The maximum atomic E-state index is 12.1. The van der Waals surface area contributed by atoms with Gasteiger partial charge in [-0.1, -0.05) is 38.5 Å². The molecule has 3 fully saturated rings. The Morgan fingerprint density at radius 1 is 1.05 bits per heavy atom. The molecule has 4 atom stereocenters. The lowest BCUT2D eigenvalue weighted by molar-refractivity contribution is -0.122. The van der Waals surface area contributed by atoms with Gasteiger partial charge in [0.1, 0.15) is 0 Å². The van der Waals surface area contributed by atoms with Crippen molar-refractivity contribution >= 4 is 18.3 Å². The highest BCUT2D eigenvalue weighted by Crippen LogP contribution is 2.44. The van der Waals surface area contributed by atoms with Crippen LogP contribution in [0, 0.1) is 17.8 Å². The number of carbonyl (C=O) groups is 1. The zero-order chi connectivity index (χ0) is 13.2. The lowest BCUT2D eigenvalue weighted by atomic mass is 9.85. The highest BCUT2D eigenvalue weighted by molar-refractivity contribution is 5.85. The molecule has 116 valence electrons. The predicted octanol–water partition coefficient (Wildman–Crippen LogP) is 3.01. The van der Waals surface area contributed by atoms with Gasteiger partial charge in [-0.2, -0.15) is 0 Å². The summed E-state index contributed by atoms with van der Waals surface area (Å²) < 4.78 is 0. The van der Waals surface area contributed by atoms with E-state index in [0.29, 0.717) is 18.4 Å². The largest absolute Gasteiger partial charge is 0.353 e. The Morgan fingerprint density at radius 3 is 2.45 bits per heavy atom. The molecule has 0 spiro atoms. The molecular weight excluding hydrogens is 272 g/mol. The summed E-state index contributed by atoms with van der Waals surface area (Å²) in [6.45, 7) is 0. The van der Waals surface area contributed by atoms with E-state index < -0.39 is 0 Å². The first-order valence-electron chi connectivity index (χ1n) is 8.29. The van der Waals surface area contributed by atoms with Gasteiger partial charge < -0.3 is 11.1 Å². The number of nitrogens with two attached hydrogens (primary N) is 1. The number of hydrogen-bond donors (Lipinski definition) is 2. The summed E-state index contributed by atoms with van der Waals surface area (Å²) in [5.74, 6) is 2.38. The summed E-state index contributed by atoms with van der Waals surface area (Å²) in [4.78, 5) is 12.1. The summed E-state index contributed by atoms with van der Waals surface area (Å²) in [7, 11) is 0. The van der Waals surface area contributed by atoms with Crippen molar-refractivity contribution in [3.63, 3.8) is 0 Å². The van der Waals surface area contributed by atoms with Gasteiger partial charge in [-0.3, -0.25) is 4.79 Å². The third kappa shape index (κ3) is 3.88. The van der Waals surface area contributed by atoms with Crippen LogP contribution in [0.5, 0.6) is 0 Å². The number of amides is 1. The molecule has 3 saturated carbocycles. The van der Waals surface area contributed by atoms with Crippen molar-refractivity contribution < 1.29 is 4.79 Å². The highest BCUT2D eigenvalue weighted by atomic mass is 35.5. The SMILES string of the molecule is Cl.N[C@@H]1CCC[C@H]1CC(=O)NC1CC1C1CCCCC1. The number of hydrogen-bond acceptors (Lipinski definition) is 2. The third-order valence-corrected chi connectivity index (χ3v) is 5.61. The van der Waals surface area contributed by atoms with Gasteiger partial charge in [0, 0.05) is 18.5 Å². The van der Waals surface area contributed by atoms with Crippen molar-refractivity contribution in [3.05, 3.63) is 0 Å². The molecule has 4 heteroatoms. The van der Waals surface area contributed by atoms with E-state index in [9.17, 15) is 4.79 Å². The Hall–Kier alpha value is -0.280. The first-order valence-corrected chi connectivity index (χ1v) is 8.29. The van der Waals surface area contributed by atoms with E-state index in [1.165, 1.54) is 44.9 Å². The standard InChI is InChI=1S/C16H28N2O.ClH/c17-14-8-4-7-12(14)9-16(19)18-15-10-13(15)11-5-2-1-3-6-11;/h11-15H,1-10,17H2,(H,18,19);1H/t12-,13?,14+,15?;/m0./s1. The molecule has 0 heterocycles. The minimum Gasteiger partial charge on any atom is -0.353 e. The molecule has 3 N–H and O–H groups in total. The summed E-state index contributed by atoms with van der Waals surface area (Å²) in [6.07, 6.45) is 12.3. The smallest absolute Gasteiger partial charge is 0.220 e. The summed E-state index contributed by atoms with van der Waals surface area (Å²) >= 11 is 0. The molecular formula is C16H29ClN2O. The van der Waals surface area contributed by atoms with Crippen molar-refractivity contribution in [2.75, 3.05) is 0 Å². The lowest BCUT2D eigenvalue weighted by Gasteiger charge is -2.22. The molecule has 3 aliphatic carbocycles. The summed E-state index contributed by atoms with van der Waals surface area (Å²) in [5.41, 5.74) is 6.04. The second-order valence-electron chi connectivity index (χ2n) is 7.03. The van der Waals surface area contributed by atoms with Crippen molar-refractivity contribution in [1.29, 1.82) is 0 Å². The van der Waals surface area contributed by atoms with Crippen molar-refractivity contribution in [2.45, 2.75) is 76.3 Å². The van der Waals surface area contributed by atoms with Crippen LogP contribution < -0.4 is 11.1 Å². The monoisotopic (exact) mass is 300 g/mol. The first kappa shape index (κ1) is 16.1. The van der Waals surface area contributed by atoms with E-state index in [1.54, 1.807) is 0 Å². The highest BCUT2D eigenvalue weighted by Gasteiger charge is 2.43. The van der Waals surface area contributed by atoms with Crippen LogP contribution in [0.1, 0.15) is 64.2 Å². The van der Waals surface area contributed by atoms with E-state index in [-0.39, 0.29) is 24.4 Å². The first-order chi connectivity index (χ1) is 9.24. The minimum atomic E-state index is 0. The van der Waals surface area contributed by atoms with Crippen molar-refractivity contribution in [3.8, 4) is 0 Å². The Labute approximate surface area is 128 Å². The summed E-state index contributed by atoms with van der Waals surface area (Å²) in [5, 5.41) is 3.25. The third-order valence-electron chi connectivity index (χ3n) is 5.61. The molecule has 0 bridgehead atoms. The van der Waals surface area contributed by atoms with Gasteiger partial charge >= 0.3 is 0 Å². The van der Waals surface area contributed by atoms with Crippen LogP contribution in [0.15, 0.2) is 0 Å². The molecule has 3 aliphatic rings. The predicted molar refractivity (Wildman–Crippen MR) is 83.8 cm³/mol. The molecule has 0 radical (unpaired) electrons. The normalized spacial score (nSPS) is 37.2. The molecule has 0 aliphatic heterocycles. The van der Waals surface area contributed by atoms with Gasteiger partial charge in [0.25, 0.3) is 0 Å². The zero-order valence-electron chi connectivity index (χ0n) is 12.4. The summed E-state index contributed by atoms with van der Waals surface area (Å²) in [6, 6.07) is 0.757. The molecule has 0 saturated heterocycles. The maximum Gasteiger partial charge on any atom is 0.220 e. The quantitative estimate of drug-likeness (QED) is 0.838. The lowest BCUT2D eigenvalue weighted by Crippen LogP contribution is -2.33. The zero-order valence-corrected chi connectivity index (χ0v) is 13.2. The van der Waals surface area contributed by atoms with E-state index in [0.717, 1.165) is 24.7 Å². The Morgan fingerprint density at radius 2 is 1.80 bits per heavy atom. The van der Waals surface area contributed by atoms with Gasteiger partial charge in [0.15, 0.2) is 0 Å². The van der Waals surface area contributed by atoms with Crippen LogP contribution in [-0.2, 0) is 4.79 Å². The van der Waals surface area contributed by atoms with Crippen molar-refractivity contribution in [2.24, 2.45) is 23.5 Å². The molecule has 1 amide bonds. The van der Waals surface area contributed by atoms with Crippen LogP contribution in [-0.4, -0.2) is 18.0 Å². The average Bonchev–Trinajstić information content (AvgIpc) is 3.06. The second-order valence-corrected chi connectivity index (χ2v) is 7.03. The van der Waals surface area contributed by atoms with Crippen LogP contribution in [0.2, 0.25) is 0 Å². The molecule has 2 unspecified atom stereocenters. The molecule has 3 nitrogen and oxygen atoms in total. The van der Waals surface area contributed by atoms with Gasteiger partial charge in [-0.05, 0) is 37.0 Å². The fraction of sp³-hybridized carbons (Fsp3) is 0.938. The molecule has 0 aromatic heterocycles. The van der Waals surface area contributed by atoms with Gasteiger partial charge in [0.2, 0.25) is 5.91 Å². The van der Waals surface area contributed by atoms with E-state index in [4.69, 9.17) is 5.73 Å². The minimum absolute atomic E-state index is 0. The topological polar surface area (TPSA) is 55.1 Å². The number of halogens is 1. The van der Waals surface area contributed by atoms with Gasteiger partial charge in [0.05, 0.1) is 0 Å². The van der Waals surface area contributed by atoms with Crippen LogP contribution in [0.4, 0.5) is 0 Å². The average molecular weight is 301 g/mol. The van der Waals surface area contributed by atoms with E-state index >= 15 is 0 Å². The Kier molecular flexibility index (Phi) is 5.74. The fourth-order valence-electron chi connectivity index (χ4n) is 4.29. The number of carbonyl (C=O) groups excluding carboxylic acids is 1. The number of nitrogens with one attached hydrogen (secondary N) is 1. The Balaban J connectivity index is 0.00000147. The maximum absolute atomic E-state index is 12.1. The van der Waals surface area contributed by atoms with E-state index in [2.05, 4.69) is 5.32 Å². The Bertz CT molecular complexity index is 330. The van der Waals surface area contributed by atoms with Gasteiger partial charge in [-0.15, -0.1) is 12.4 Å². The number of rotatable bonds is 4. The fourth-order valence-corrected chi connectivity index (χ4v) is 4.29. The van der Waals surface area contributed by atoms with Gasteiger partial charge in [-0.25, -0.2) is 0 Å². The second kappa shape index (κ2) is 7.13. The molecule has 0 aromatic rings. The molecule has 20 heavy (non-hydrogen) atoms. The van der Waals surface area contributed by atoms with Crippen LogP contribution in [0.25, 0.3) is 0 Å². The van der Waals surface area contributed by atoms with Crippen LogP contribution >= 0.6 is 12.4 Å². The van der Waals surface area contributed by atoms with Crippen LogP contribution in [0.3, 0.4) is 0 Å². The molecule has 0 aromatic carbocycles. The van der Waals surface area contributed by atoms with E-state index in [1.807, 2.05) is 0 Å². The van der Waals surface area contributed by atoms with Crippen molar-refractivity contribution in [1.82, 2.24) is 5.32 Å². The molecule has 3 rings (SSSR count).